The molecule has 0 radical (unpaired) electrons. The molecule has 1 aromatic heterocycles. The largest absolute Gasteiger partial charge is 0.326 e. The molecule has 1 aliphatic rings. The average Bonchev–Trinajstić information content (AvgIpc) is 2.83. The molecule has 2 rings (SSSR count). The van der Waals surface area contributed by atoms with Gasteiger partial charge in [0.25, 0.3) is 0 Å². The summed E-state index contributed by atoms with van der Waals surface area (Å²) in [4.78, 5) is 23.2. The summed E-state index contributed by atoms with van der Waals surface area (Å²) < 4.78 is 2.73. The summed E-state index contributed by atoms with van der Waals surface area (Å²) in [5.74, 6) is 0.492. The molecule has 0 spiro atoms. The molecule has 5 heteroatoms. The van der Waals surface area contributed by atoms with Crippen molar-refractivity contribution in [3.05, 3.63) is 33.1 Å². The Balaban J connectivity index is 2.16. The zero-order valence-corrected chi connectivity index (χ0v) is 10.1. The molecule has 17 heavy (non-hydrogen) atoms. The third kappa shape index (κ3) is 2.49. The Morgan fingerprint density at radius 1 is 1.29 bits per heavy atom. The van der Waals surface area contributed by atoms with Crippen LogP contribution in [-0.4, -0.2) is 15.2 Å². The molecule has 0 amide bonds. The molecule has 0 aliphatic heterocycles. The molecule has 5 nitrogen and oxygen atoms in total. The van der Waals surface area contributed by atoms with Gasteiger partial charge >= 0.3 is 11.1 Å². The predicted molar refractivity (Wildman–Crippen MR) is 65.9 cm³/mol. The van der Waals surface area contributed by atoms with Gasteiger partial charge in [0.1, 0.15) is 0 Å². The lowest BCUT2D eigenvalue weighted by Gasteiger charge is -2.19. The van der Waals surface area contributed by atoms with Crippen LogP contribution in [0.5, 0.6) is 0 Å². The molecule has 1 fully saturated rings. The van der Waals surface area contributed by atoms with Crippen molar-refractivity contribution in [3.8, 4) is 0 Å². The number of rotatable bonds is 3. The molecule has 1 saturated carbocycles. The second kappa shape index (κ2) is 4.87. The van der Waals surface area contributed by atoms with E-state index in [9.17, 15) is 9.59 Å². The van der Waals surface area contributed by atoms with Gasteiger partial charge in [0.05, 0.1) is 0 Å². The summed E-state index contributed by atoms with van der Waals surface area (Å²) >= 11 is 0. The molecule has 0 bridgehead atoms. The van der Waals surface area contributed by atoms with E-state index < -0.39 is 11.1 Å². The lowest BCUT2D eigenvalue weighted by Crippen LogP contribution is -2.44. The van der Waals surface area contributed by atoms with Gasteiger partial charge in [0, 0.05) is 32.0 Å². The first-order valence-electron chi connectivity index (χ1n) is 6.11. The lowest BCUT2D eigenvalue weighted by atomic mass is 9.99. The first-order valence-corrected chi connectivity index (χ1v) is 6.11. The minimum Gasteiger partial charge on any atom is -0.326 e. The SMILES string of the molecule is Cn1ccn(CC(N)C2CCCC2)c(=O)c1=O. The van der Waals surface area contributed by atoms with E-state index in [0.717, 1.165) is 12.8 Å². The Hall–Kier alpha value is -1.36. The molecule has 1 aliphatic carbocycles. The van der Waals surface area contributed by atoms with Gasteiger partial charge in [-0.2, -0.15) is 0 Å². The average molecular weight is 237 g/mol. The summed E-state index contributed by atoms with van der Waals surface area (Å²) in [5, 5.41) is 0. The highest BCUT2D eigenvalue weighted by atomic mass is 16.2. The van der Waals surface area contributed by atoms with Crippen LogP contribution in [0.4, 0.5) is 0 Å². The molecule has 1 atom stereocenters. The van der Waals surface area contributed by atoms with E-state index in [0.29, 0.717) is 12.5 Å². The van der Waals surface area contributed by atoms with Crippen molar-refractivity contribution >= 4 is 0 Å². The maximum atomic E-state index is 11.7. The zero-order valence-electron chi connectivity index (χ0n) is 10.1. The number of hydrogen-bond donors (Lipinski definition) is 1. The third-order valence-electron chi connectivity index (χ3n) is 3.65. The van der Waals surface area contributed by atoms with Crippen LogP contribution in [0, 0.1) is 5.92 Å². The van der Waals surface area contributed by atoms with Crippen molar-refractivity contribution in [2.24, 2.45) is 18.7 Å². The van der Waals surface area contributed by atoms with E-state index >= 15 is 0 Å². The van der Waals surface area contributed by atoms with Gasteiger partial charge in [-0.05, 0) is 18.8 Å². The first kappa shape index (κ1) is 12.1. The van der Waals surface area contributed by atoms with E-state index in [1.54, 1.807) is 19.4 Å². The quantitative estimate of drug-likeness (QED) is 0.756. The normalized spacial score (nSPS) is 18.5. The van der Waals surface area contributed by atoms with Crippen LogP contribution in [0.25, 0.3) is 0 Å². The molecule has 1 unspecified atom stereocenters. The van der Waals surface area contributed by atoms with Gasteiger partial charge in [0.2, 0.25) is 0 Å². The van der Waals surface area contributed by atoms with Crippen molar-refractivity contribution in [2.75, 3.05) is 0 Å². The second-order valence-electron chi connectivity index (χ2n) is 4.88. The van der Waals surface area contributed by atoms with Gasteiger partial charge in [-0.1, -0.05) is 12.8 Å². The fraction of sp³-hybridized carbons (Fsp3) is 0.667. The molecule has 1 heterocycles. The number of aryl methyl sites for hydroxylation is 1. The van der Waals surface area contributed by atoms with Gasteiger partial charge in [-0.3, -0.25) is 9.59 Å². The summed E-state index contributed by atoms with van der Waals surface area (Å²) in [6, 6.07) is -0.0256. The van der Waals surface area contributed by atoms with E-state index in [1.807, 2.05) is 0 Å². The zero-order chi connectivity index (χ0) is 12.4. The topological polar surface area (TPSA) is 70.0 Å². The van der Waals surface area contributed by atoms with Gasteiger partial charge < -0.3 is 14.9 Å². The summed E-state index contributed by atoms with van der Waals surface area (Å²) in [7, 11) is 1.57. The van der Waals surface area contributed by atoms with Crippen LogP contribution in [0.1, 0.15) is 25.7 Å². The first-order chi connectivity index (χ1) is 8.09. The van der Waals surface area contributed by atoms with E-state index in [-0.39, 0.29) is 6.04 Å². The number of nitrogens with zero attached hydrogens (tertiary/aromatic N) is 2. The molecule has 94 valence electrons. The van der Waals surface area contributed by atoms with Gasteiger partial charge in [0.15, 0.2) is 0 Å². The number of nitrogens with two attached hydrogens (primary N) is 1. The summed E-state index contributed by atoms with van der Waals surface area (Å²) in [6.45, 7) is 0.444. The van der Waals surface area contributed by atoms with Crippen molar-refractivity contribution in [3.63, 3.8) is 0 Å². The Morgan fingerprint density at radius 3 is 2.59 bits per heavy atom. The fourth-order valence-electron chi connectivity index (χ4n) is 2.50. The molecule has 0 aromatic carbocycles. The predicted octanol–water partition coefficient (Wildman–Crippen LogP) is 0.0645. The lowest BCUT2D eigenvalue weighted by molar-refractivity contribution is 0.381. The molecule has 0 saturated heterocycles. The van der Waals surface area contributed by atoms with Crippen LogP contribution >= 0.6 is 0 Å². The standard InChI is InChI=1S/C12H19N3O2/c1-14-6-7-15(12(17)11(14)16)8-10(13)9-4-2-3-5-9/h6-7,9-10H,2-5,8,13H2,1H3. The molecule has 2 N–H and O–H groups in total. The Labute approximate surface area is 99.9 Å². The van der Waals surface area contributed by atoms with Crippen molar-refractivity contribution in [2.45, 2.75) is 38.3 Å². The van der Waals surface area contributed by atoms with Crippen LogP contribution in [0.3, 0.4) is 0 Å². The maximum Gasteiger partial charge on any atom is 0.316 e. The van der Waals surface area contributed by atoms with Crippen LogP contribution in [-0.2, 0) is 13.6 Å². The van der Waals surface area contributed by atoms with E-state index in [4.69, 9.17) is 5.73 Å². The Bertz CT molecular complexity index is 497. The maximum absolute atomic E-state index is 11.7. The highest BCUT2D eigenvalue weighted by molar-refractivity contribution is 4.87. The summed E-state index contributed by atoms with van der Waals surface area (Å²) in [5.41, 5.74) is 5.12. The number of hydrogen-bond acceptors (Lipinski definition) is 3. The van der Waals surface area contributed by atoms with E-state index in [2.05, 4.69) is 0 Å². The smallest absolute Gasteiger partial charge is 0.316 e. The van der Waals surface area contributed by atoms with Crippen LogP contribution in [0.2, 0.25) is 0 Å². The Kier molecular flexibility index (Phi) is 3.47. The molecule has 1 aromatic rings. The second-order valence-corrected chi connectivity index (χ2v) is 4.88. The van der Waals surface area contributed by atoms with E-state index in [1.165, 1.54) is 22.0 Å². The molecular weight excluding hydrogens is 218 g/mol. The highest BCUT2D eigenvalue weighted by Gasteiger charge is 2.22. The Morgan fingerprint density at radius 2 is 1.94 bits per heavy atom. The molecular formula is C12H19N3O2. The van der Waals surface area contributed by atoms with Crippen molar-refractivity contribution in [1.82, 2.24) is 9.13 Å². The van der Waals surface area contributed by atoms with Gasteiger partial charge in [-0.25, -0.2) is 0 Å². The van der Waals surface area contributed by atoms with Gasteiger partial charge in [-0.15, -0.1) is 0 Å². The van der Waals surface area contributed by atoms with Crippen LogP contribution < -0.4 is 16.9 Å². The van der Waals surface area contributed by atoms with Crippen molar-refractivity contribution < 1.29 is 0 Å². The minimum atomic E-state index is -0.494. The van der Waals surface area contributed by atoms with Crippen LogP contribution in [0.15, 0.2) is 22.0 Å². The third-order valence-corrected chi connectivity index (χ3v) is 3.65. The summed E-state index contributed by atoms with van der Waals surface area (Å²) in [6.07, 6.45) is 7.97. The number of aromatic nitrogens is 2. The van der Waals surface area contributed by atoms with Crippen molar-refractivity contribution in [1.29, 1.82) is 0 Å². The minimum absolute atomic E-state index is 0.0256. The monoisotopic (exact) mass is 237 g/mol. The highest BCUT2D eigenvalue weighted by Crippen LogP contribution is 2.27. The fourth-order valence-corrected chi connectivity index (χ4v) is 2.50.